The summed E-state index contributed by atoms with van der Waals surface area (Å²) in [6, 6.07) is 4.08. The number of sulfone groups is 1. The zero-order valence-corrected chi connectivity index (χ0v) is 9.69. The normalized spacial score (nSPS) is 11.8. The Bertz CT molecular complexity index is 686. The molecule has 0 aliphatic heterocycles. The van der Waals surface area contributed by atoms with Gasteiger partial charge in [-0.3, -0.25) is 0 Å². The molecule has 1 N–H and O–H groups in total. The van der Waals surface area contributed by atoms with Crippen molar-refractivity contribution in [2.24, 2.45) is 0 Å². The van der Waals surface area contributed by atoms with Crippen LogP contribution in [0.1, 0.15) is 17.6 Å². The van der Waals surface area contributed by atoms with E-state index >= 15 is 0 Å². The Morgan fingerprint density at radius 3 is 2.76 bits per heavy atom. The van der Waals surface area contributed by atoms with E-state index in [1.54, 1.807) is 0 Å². The summed E-state index contributed by atoms with van der Waals surface area (Å²) >= 11 is 0. The first-order chi connectivity index (χ1) is 7.94. The second kappa shape index (κ2) is 3.85. The van der Waals surface area contributed by atoms with Gasteiger partial charge in [-0.25, -0.2) is 18.2 Å². The highest BCUT2D eigenvalue weighted by molar-refractivity contribution is 7.91. The van der Waals surface area contributed by atoms with E-state index in [9.17, 15) is 13.2 Å². The molecule has 0 saturated carbocycles. The fourth-order valence-corrected chi connectivity index (χ4v) is 2.26. The molecule has 0 aliphatic rings. The molecular formula is C10H9NO5S. The van der Waals surface area contributed by atoms with Crippen LogP contribution in [0.25, 0.3) is 11.1 Å². The topological polar surface area (TPSA) is 97.5 Å². The fourth-order valence-electron chi connectivity index (χ4n) is 1.36. The van der Waals surface area contributed by atoms with Crippen LogP contribution < -0.4 is 0 Å². The van der Waals surface area contributed by atoms with Crippen molar-refractivity contribution in [1.82, 2.24) is 4.98 Å². The second-order valence-corrected chi connectivity index (χ2v) is 5.64. The van der Waals surface area contributed by atoms with Crippen molar-refractivity contribution in [2.45, 2.75) is 11.8 Å². The Morgan fingerprint density at radius 2 is 2.18 bits per heavy atom. The number of carbonyl (C=O) groups is 1. The number of hydrogen-bond acceptors (Lipinski definition) is 5. The molecule has 6 nitrogen and oxygen atoms in total. The molecule has 17 heavy (non-hydrogen) atoms. The summed E-state index contributed by atoms with van der Waals surface area (Å²) in [5.74, 6) is -1.77. The third-order valence-corrected chi connectivity index (χ3v) is 4.01. The van der Waals surface area contributed by atoms with Gasteiger partial charge in [0.1, 0.15) is 5.52 Å². The number of nitrogens with zero attached hydrogens (tertiary/aromatic N) is 1. The van der Waals surface area contributed by atoms with E-state index in [-0.39, 0.29) is 21.7 Å². The zero-order chi connectivity index (χ0) is 12.6. The molecule has 0 unspecified atom stereocenters. The molecule has 2 aromatic rings. The van der Waals surface area contributed by atoms with Gasteiger partial charge in [0.15, 0.2) is 15.4 Å². The molecule has 2 rings (SSSR count). The van der Waals surface area contributed by atoms with Crippen LogP contribution in [0.5, 0.6) is 0 Å². The summed E-state index contributed by atoms with van der Waals surface area (Å²) in [5.41, 5.74) is 0.467. The highest BCUT2D eigenvalue weighted by Crippen LogP contribution is 2.20. The first-order valence-corrected chi connectivity index (χ1v) is 6.46. The number of hydrogen-bond donors (Lipinski definition) is 1. The molecule has 0 spiro atoms. The van der Waals surface area contributed by atoms with E-state index in [1.165, 1.54) is 25.1 Å². The average Bonchev–Trinajstić information content (AvgIpc) is 2.71. The maximum Gasteiger partial charge on any atom is 0.392 e. The molecule has 0 atom stereocenters. The lowest BCUT2D eigenvalue weighted by atomic mass is 10.3. The fraction of sp³-hybridized carbons (Fsp3) is 0.200. The summed E-state index contributed by atoms with van der Waals surface area (Å²) < 4.78 is 28.1. The van der Waals surface area contributed by atoms with E-state index < -0.39 is 21.7 Å². The van der Waals surface area contributed by atoms with Crippen LogP contribution in [-0.4, -0.2) is 30.2 Å². The van der Waals surface area contributed by atoms with E-state index in [2.05, 4.69) is 4.98 Å². The smallest absolute Gasteiger partial charge is 0.392 e. The minimum atomic E-state index is -3.33. The molecule has 7 heteroatoms. The Morgan fingerprint density at radius 1 is 1.47 bits per heavy atom. The number of benzene rings is 1. The molecule has 1 heterocycles. The highest BCUT2D eigenvalue weighted by Gasteiger charge is 2.16. The van der Waals surface area contributed by atoms with Gasteiger partial charge in [-0.15, -0.1) is 0 Å². The third-order valence-electron chi connectivity index (χ3n) is 2.28. The van der Waals surface area contributed by atoms with Crippen LogP contribution in [-0.2, 0) is 9.84 Å². The molecule has 0 fully saturated rings. The molecule has 0 bridgehead atoms. The van der Waals surface area contributed by atoms with E-state index in [0.717, 1.165) is 0 Å². The van der Waals surface area contributed by atoms with E-state index in [4.69, 9.17) is 9.52 Å². The Kier molecular flexibility index (Phi) is 2.62. The number of oxazole rings is 1. The van der Waals surface area contributed by atoms with Crippen LogP contribution in [0.2, 0.25) is 0 Å². The van der Waals surface area contributed by atoms with E-state index in [1.807, 2.05) is 0 Å². The molecule has 1 aromatic heterocycles. The minimum Gasteiger partial charge on any atom is -0.474 e. The standard InChI is InChI=1S/C10H9NO5S/c1-2-17(14,15)6-3-4-8-7(5-6)11-9(16-8)10(12)13/h3-5H,2H2,1H3,(H,12,13). The number of carboxylic acid groups (broad SMARTS) is 1. The van der Waals surface area contributed by atoms with Crippen molar-refractivity contribution in [2.75, 3.05) is 5.75 Å². The molecule has 0 saturated heterocycles. The minimum absolute atomic E-state index is 0.0256. The lowest BCUT2D eigenvalue weighted by Gasteiger charge is -1.99. The number of carboxylic acids is 1. The number of rotatable bonds is 3. The van der Waals surface area contributed by atoms with Gasteiger partial charge < -0.3 is 9.52 Å². The largest absolute Gasteiger partial charge is 0.474 e. The Hall–Kier alpha value is -1.89. The third kappa shape index (κ3) is 2.01. The van der Waals surface area contributed by atoms with Crippen LogP contribution in [0.4, 0.5) is 0 Å². The maximum absolute atomic E-state index is 11.6. The summed E-state index contributed by atoms with van der Waals surface area (Å²) in [7, 11) is -3.33. The van der Waals surface area contributed by atoms with Crippen LogP contribution in [0.3, 0.4) is 0 Å². The van der Waals surface area contributed by atoms with Crippen molar-refractivity contribution in [3.63, 3.8) is 0 Å². The van der Waals surface area contributed by atoms with Crippen LogP contribution in [0.15, 0.2) is 27.5 Å². The number of fused-ring (bicyclic) bond motifs is 1. The monoisotopic (exact) mass is 255 g/mol. The predicted molar refractivity (Wildman–Crippen MR) is 58.7 cm³/mol. The lowest BCUT2D eigenvalue weighted by Crippen LogP contribution is -2.03. The predicted octanol–water partition coefficient (Wildman–Crippen LogP) is 1.32. The quantitative estimate of drug-likeness (QED) is 0.888. The van der Waals surface area contributed by atoms with Crippen molar-refractivity contribution in [3.8, 4) is 0 Å². The van der Waals surface area contributed by atoms with Crippen LogP contribution >= 0.6 is 0 Å². The Labute approximate surface area is 96.8 Å². The summed E-state index contributed by atoms with van der Waals surface area (Å²) in [5, 5.41) is 8.69. The number of aromatic nitrogens is 1. The molecule has 0 radical (unpaired) electrons. The average molecular weight is 255 g/mol. The summed E-state index contributed by atoms with van der Waals surface area (Å²) in [6.45, 7) is 1.53. The van der Waals surface area contributed by atoms with E-state index in [0.29, 0.717) is 0 Å². The molecule has 0 aliphatic carbocycles. The van der Waals surface area contributed by atoms with Crippen molar-refractivity contribution in [1.29, 1.82) is 0 Å². The zero-order valence-electron chi connectivity index (χ0n) is 8.87. The summed E-state index contributed by atoms with van der Waals surface area (Å²) in [4.78, 5) is 14.4. The second-order valence-electron chi connectivity index (χ2n) is 3.36. The number of aromatic carboxylic acids is 1. The van der Waals surface area contributed by atoms with Gasteiger partial charge in [0.05, 0.1) is 10.6 Å². The van der Waals surface area contributed by atoms with Gasteiger partial charge in [-0.2, -0.15) is 0 Å². The molecular weight excluding hydrogens is 246 g/mol. The summed E-state index contributed by atoms with van der Waals surface area (Å²) in [6.07, 6.45) is 0. The van der Waals surface area contributed by atoms with Gasteiger partial charge >= 0.3 is 11.9 Å². The highest BCUT2D eigenvalue weighted by atomic mass is 32.2. The van der Waals surface area contributed by atoms with Gasteiger partial charge in [0.25, 0.3) is 0 Å². The lowest BCUT2D eigenvalue weighted by molar-refractivity contribution is 0.0656. The van der Waals surface area contributed by atoms with Crippen molar-refractivity contribution in [3.05, 3.63) is 24.1 Å². The molecule has 1 aromatic carbocycles. The van der Waals surface area contributed by atoms with Gasteiger partial charge in [0, 0.05) is 0 Å². The van der Waals surface area contributed by atoms with Crippen molar-refractivity contribution < 1.29 is 22.7 Å². The van der Waals surface area contributed by atoms with Gasteiger partial charge in [-0.1, -0.05) is 6.92 Å². The molecule has 0 amide bonds. The SMILES string of the molecule is CCS(=O)(=O)c1ccc2oc(C(=O)O)nc2c1. The van der Waals surface area contributed by atoms with Gasteiger partial charge in [-0.05, 0) is 18.2 Å². The van der Waals surface area contributed by atoms with Crippen molar-refractivity contribution >= 4 is 26.9 Å². The van der Waals surface area contributed by atoms with Crippen LogP contribution in [0, 0.1) is 0 Å². The van der Waals surface area contributed by atoms with Gasteiger partial charge in [0.2, 0.25) is 0 Å². The maximum atomic E-state index is 11.6. The Balaban J connectivity index is 2.62. The first-order valence-electron chi connectivity index (χ1n) is 4.80. The molecule has 90 valence electrons. The first kappa shape index (κ1) is 11.6.